The molecule has 0 atom stereocenters. The van der Waals surface area contributed by atoms with Crippen LogP contribution in [0, 0.1) is 0 Å². The molecule has 0 aliphatic heterocycles. The van der Waals surface area contributed by atoms with Gasteiger partial charge in [-0.25, -0.2) is 9.97 Å². The summed E-state index contributed by atoms with van der Waals surface area (Å²) in [6.07, 6.45) is 3.08. The predicted molar refractivity (Wildman–Crippen MR) is 41.7 cm³/mol. The van der Waals surface area contributed by atoms with Crippen LogP contribution in [-0.4, -0.2) is 25.9 Å². The molecule has 0 spiro atoms. The van der Waals surface area contributed by atoms with Gasteiger partial charge in [-0.2, -0.15) is 5.10 Å². The molecule has 0 saturated heterocycles. The van der Waals surface area contributed by atoms with E-state index >= 15 is 0 Å². The second-order valence-corrected chi connectivity index (χ2v) is 2.38. The number of carbonyl (C=O) groups is 1. The second-order valence-electron chi connectivity index (χ2n) is 2.38. The van der Waals surface area contributed by atoms with Crippen LogP contribution in [0.3, 0.4) is 0 Å². The van der Waals surface area contributed by atoms with Crippen molar-refractivity contribution in [1.82, 2.24) is 20.2 Å². The third-order valence-corrected chi connectivity index (χ3v) is 1.53. The number of fused-ring (bicyclic) bond motifs is 1. The first kappa shape index (κ1) is 6.90. The maximum absolute atomic E-state index is 11.0. The maximum Gasteiger partial charge on any atom is 0.182 e. The molecule has 12 heavy (non-hydrogen) atoms. The van der Waals surface area contributed by atoms with Crippen molar-refractivity contribution in [2.45, 2.75) is 6.92 Å². The zero-order valence-electron chi connectivity index (χ0n) is 6.40. The Balaban J connectivity index is 2.79. The number of aromatic nitrogens is 4. The molecule has 1 N–H and O–H groups in total. The average molecular weight is 162 g/mol. The van der Waals surface area contributed by atoms with E-state index in [9.17, 15) is 4.79 Å². The summed E-state index contributed by atoms with van der Waals surface area (Å²) in [4.78, 5) is 18.9. The van der Waals surface area contributed by atoms with E-state index in [2.05, 4.69) is 20.2 Å². The Morgan fingerprint density at radius 1 is 1.42 bits per heavy atom. The summed E-state index contributed by atoms with van der Waals surface area (Å²) >= 11 is 0. The fourth-order valence-electron chi connectivity index (χ4n) is 1.00. The van der Waals surface area contributed by atoms with E-state index in [0.29, 0.717) is 16.9 Å². The molecule has 0 bridgehead atoms. The van der Waals surface area contributed by atoms with Gasteiger partial charge in [0.1, 0.15) is 5.52 Å². The fraction of sp³-hybridized carbons (Fsp3) is 0.143. The zero-order valence-corrected chi connectivity index (χ0v) is 6.40. The summed E-state index contributed by atoms with van der Waals surface area (Å²) in [5.74, 6) is -0.109. The number of rotatable bonds is 1. The van der Waals surface area contributed by atoms with Gasteiger partial charge in [0.05, 0.1) is 0 Å². The van der Waals surface area contributed by atoms with Gasteiger partial charge in [0.15, 0.2) is 17.1 Å². The summed E-state index contributed by atoms with van der Waals surface area (Å²) in [6.45, 7) is 1.45. The highest BCUT2D eigenvalue weighted by molar-refractivity contribution is 6.02. The van der Waals surface area contributed by atoms with E-state index in [1.54, 1.807) is 6.20 Å². The highest BCUT2D eigenvalue weighted by Crippen LogP contribution is 2.09. The summed E-state index contributed by atoms with van der Waals surface area (Å²) in [5, 5.41) is 6.42. The molecule has 2 heterocycles. The lowest BCUT2D eigenvalue weighted by atomic mass is 10.3. The topological polar surface area (TPSA) is 71.5 Å². The SMILES string of the molecule is CC(=O)c1n[nH]c2nccnc12. The van der Waals surface area contributed by atoms with Crippen LogP contribution in [0.1, 0.15) is 17.4 Å². The van der Waals surface area contributed by atoms with Crippen LogP contribution in [0.5, 0.6) is 0 Å². The van der Waals surface area contributed by atoms with Gasteiger partial charge in [-0.15, -0.1) is 0 Å². The van der Waals surface area contributed by atoms with Crippen LogP contribution >= 0.6 is 0 Å². The Morgan fingerprint density at radius 3 is 2.92 bits per heavy atom. The number of nitrogens with zero attached hydrogens (tertiary/aromatic N) is 3. The van der Waals surface area contributed by atoms with Crippen molar-refractivity contribution in [2.75, 3.05) is 0 Å². The van der Waals surface area contributed by atoms with Gasteiger partial charge >= 0.3 is 0 Å². The molecule has 0 unspecified atom stereocenters. The standard InChI is InChI=1S/C7H6N4O/c1-4(12)5-6-7(11-10-5)9-3-2-8-6/h2-3H,1H3,(H,9,10,11). The van der Waals surface area contributed by atoms with Crippen LogP contribution in [0.4, 0.5) is 0 Å². The minimum absolute atomic E-state index is 0.109. The second kappa shape index (κ2) is 2.37. The van der Waals surface area contributed by atoms with Crippen molar-refractivity contribution in [2.24, 2.45) is 0 Å². The molecule has 0 amide bonds. The molecule has 0 radical (unpaired) electrons. The highest BCUT2D eigenvalue weighted by atomic mass is 16.1. The Labute approximate surface area is 67.8 Å². The first-order chi connectivity index (χ1) is 5.79. The van der Waals surface area contributed by atoms with Crippen molar-refractivity contribution < 1.29 is 4.79 Å². The number of ketones is 1. The molecule has 0 aromatic carbocycles. The first-order valence-electron chi connectivity index (χ1n) is 3.45. The van der Waals surface area contributed by atoms with Gasteiger partial charge in [-0.3, -0.25) is 9.89 Å². The fourth-order valence-corrected chi connectivity index (χ4v) is 1.00. The van der Waals surface area contributed by atoms with Crippen molar-refractivity contribution >= 4 is 16.9 Å². The smallest absolute Gasteiger partial charge is 0.182 e. The summed E-state index contributed by atoms with van der Waals surface area (Å²) < 4.78 is 0. The lowest BCUT2D eigenvalue weighted by Gasteiger charge is -1.86. The Hall–Kier alpha value is -1.78. The van der Waals surface area contributed by atoms with E-state index in [1.165, 1.54) is 13.1 Å². The lowest BCUT2D eigenvalue weighted by Crippen LogP contribution is -1.93. The number of hydrogen-bond donors (Lipinski definition) is 1. The normalized spacial score (nSPS) is 10.4. The molecule has 0 fully saturated rings. The summed E-state index contributed by atoms with van der Waals surface area (Å²) in [7, 11) is 0. The van der Waals surface area contributed by atoms with Crippen LogP contribution in [0.2, 0.25) is 0 Å². The van der Waals surface area contributed by atoms with Gasteiger partial charge in [-0.1, -0.05) is 0 Å². The highest BCUT2D eigenvalue weighted by Gasteiger charge is 2.10. The van der Waals surface area contributed by atoms with E-state index in [4.69, 9.17) is 0 Å². The molecular weight excluding hydrogens is 156 g/mol. The monoisotopic (exact) mass is 162 g/mol. The number of nitrogens with one attached hydrogen (secondary N) is 1. The van der Waals surface area contributed by atoms with Crippen LogP contribution in [0.15, 0.2) is 12.4 Å². The molecule has 0 aliphatic rings. The Bertz CT molecular complexity index is 434. The van der Waals surface area contributed by atoms with Crippen LogP contribution < -0.4 is 0 Å². The molecule has 2 aromatic heterocycles. The zero-order chi connectivity index (χ0) is 8.55. The molecular formula is C7H6N4O. The molecule has 0 saturated carbocycles. The third-order valence-electron chi connectivity index (χ3n) is 1.53. The van der Waals surface area contributed by atoms with Crippen LogP contribution in [-0.2, 0) is 0 Å². The minimum Gasteiger partial charge on any atom is -0.293 e. The van der Waals surface area contributed by atoms with Gasteiger partial charge < -0.3 is 0 Å². The van der Waals surface area contributed by atoms with E-state index in [0.717, 1.165) is 0 Å². The van der Waals surface area contributed by atoms with Gasteiger partial charge in [0.25, 0.3) is 0 Å². The predicted octanol–water partition coefficient (Wildman–Crippen LogP) is 0.555. The van der Waals surface area contributed by atoms with Crippen molar-refractivity contribution in [3.8, 4) is 0 Å². The molecule has 60 valence electrons. The number of H-pyrrole nitrogens is 1. The number of carbonyl (C=O) groups excluding carboxylic acids is 1. The third kappa shape index (κ3) is 0.868. The molecule has 0 aliphatic carbocycles. The number of aromatic amines is 1. The lowest BCUT2D eigenvalue weighted by molar-refractivity contribution is 0.101. The van der Waals surface area contributed by atoms with Gasteiger partial charge in [0, 0.05) is 19.3 Å². The summed E-state index contributed by atoms with van der Waals surface area (Å²) in [6, 6.07) is 0. The maximum atomic E-state index is 11.0. The van der Waals surface area contributed by atoms with Crippen molar-refractivity contribution in [3.05, 3.63) is 18.1 Å². The van der Waals surface area contributed by atoms with E-state index in [-0.39, 0.29) is 5.78 Å². The largest absolute Gasteiger partial charge is 0.293 e. The van der Waals surface area contributed by atoms with E-state index in [1.807, 2.05) is 0 Å². The Kier molecular flexibility index (Phi) is 1.36. The van der Waals surface area contributed by atoms with Gasteiger partial charge in [0.2, 0.25) is 0 Å². The molecule has 2 rings (SSSR count). The van der Waals surface area contributed by atoms with Crippen molar-refractivity contribution in [3.63, 3.8) is 0 Å². The minimum atomic E-state index is -0.109. The number of Topliss-reactive ketones (excluding diaryl/α,β-unsaturated/α-hetero) is 1. The Morgan fingerprint density at radius 2 is 2.17 bits per heavy atom. The summed E-state index contributed by atoms with van der Waals surface area (Å²) in [5.41, 5.74) is 1.42. The quantitative estimate of drug-likeness (QED) is 0.622. The molecule has 5 heteroatoms. The number of hydrogen-bond acceptors (Lipinski definition) is 4. The van der Waals surface area contributed by atoms with Gasteiger partial charge in [-0.05, 0) is 0 Å². The molecule has 5 nitrogen and oxygen atoms in total. The average Bonchev–Trinajstić information content (AvgIpc) is 2.47. The van der Waals surface area contributed by atoms with Crippen LogP contribution in [0.25, 0.3) is 11.2 Å². The molecule has 2 aromatic rings. The van der Waals surface area contributed by atoms with Crippen molar-refractivity contribution in [1.29, 1.82) is 0 Å². The van der Waals surface area contributed by atoms with E-state index < -0.39 is 0 Å². The first-order valence-corrected chi connectivity index (χ1v) is 3.45.